The molecule has 0 spiro atoms. The Hall–Kier alpha value is -3.14. The van der Waals surface area contributed by atoms with Crippen LogP contribution in [-0.2, 0) is 13.0 Å². The highest BCUT2D eigenvalue weighted by molar-refractivity contribution is 5.74. The Kier molecular flexibility index (Phi) is 5.77. The minimum absolute atomic E-state index is 0.0904. The number of rotatable bonds is 6. The van der Waals surface area contributed by atoms with Gasteiger partial charge >= 0.3 is 6.03 Å². The van der Waals surface area contributed by atoms with Gasteiger partial charge in [0.05, 0.1) is 18.3 Å². The number of benzene rings is 2. The minimum atomic E-state index is -0.199. The lowest BCUT2D eigenvalue weighted by molar-refractivity contribution is 0.236. The molecule has 1 heterocycles. The van der Waals surface area contributed by atoms with Gasteiger partial charge in [0.2, 0.25) is 0 Å². The molecule has 0 aliphatic carbocycles. The van der Waals surface area contributed by atoms with Gasteiger partial charge in [-0.05, 0) is 29.7 Å². The molecule has 4 nitrogen and oxygen atoms in total. The van der Waals surface area contributed by atoms with Crippen molar-refractivity contribution in [3.8, 4) is 0 Å². The molecule has 126 valence electrons. The number of carbonyl (C=O) groups excluding carboxylic acids is 1. The number of pyridine rings is 1. The number of hydrogen-bond donors (Lipinski definition) is 2. The average molecular weight is 331 g/mol. The number of nitrogens with zero attached hydrogens (tertiary/aromatic N) is 1. The monoisotopic (exact) mass is 331 g/mol. The molecule has 1 atom stereocenters. The standard InChI is InChI=1S/C21H21N3O/c25-21(23-16-19-13-7-8-14-22-19)24-20(18-11-5-2-6-12-18)15-17-9-3-1-4-10-17/h1-14,20H,15-16H2,(H2,23,24,25). The molecular weight excluding hydrogens is 310 g/mol. The highest BCUT2D eigenvalue weighted by atomic mass is 16.2. The fraction of sp³-hybridized carbons (Fsp3) is 0.143. The number of aromatic nitrogens is 1. The zero-order valence-corrected chi connectivity index (χ0v) is 13.9. The Bertz CT molecular complexity index is 776. The molecule has 3 rings (SSSR count). The lowest BCUT2D eigenvalue weighted by atomic mass is 9.99. The Morgan fingerprint density at radius 2 is 1.56 bits per heavy atom. The van der Waals surface area contributed by atoms with E-state index in [2.05, 4.69) is 27.8 Å². The minimum Gasteiger partial charge on any atom is -0.332 e. The Balaban J connectivity index is 1.66. The third kappa shape index (κ3) is 5.18. The predicted molar refractivity (Wildman–Crippen MR) is 98.9 cm³/mol. The Labute approximate surface area is 147 Å². The van der Waals surface area contributed by atoms with Crippen molar-refractivity contribution in [3.63, 3.8) is 0 Å². The van der Waals surface area contributed by atoms with E-state index in [0.717, 1.165) is 17.7 Å². The lowest BCUT2D eigenvalue weighted by Crippen LogP contribution is -2.38. The number of amides is 2. The fourth-order valence-corrected chi connectivity index (χ4v) is 2.67. The number of nitrogens with one attached hydrogen (secondary N) is 2. The van der Waals surface area contributed by atoms with Crippen LogP contribution in [0.5, 0.6) is 0 Å². The molecule has 4 heteroatoms. The molecule has 0 bridgehead atoms. The first-order valence-electron chi connectivity index (χ1n) is 8.34. The van der Waals surface area contributed by atoms with E-state index in [4.69, 9.17) is 0 Å². The summed E-state index contributed by atoms with van der Waals surface area (Å²) in [5.41, 5.74) is 3.10. The number of carbonyl (C=O) groups is 1. The van der Waals surface area contributed by atoms with Gasteiger partial charge in [0.25, 0.3) is 0 Å². The first kappa shape index (κ1) is 16.7. The summed E-state index contributed by atoms with van der Waals surface area (Å²) in [6, 6.07) is 25.5. The van der Waals surface area contributed by atoms with Crippen LogP contribution in [0.15, 0.2) is 85.1 Å². The quantitative estimate of drug-likeness (QED) is 0.720. The lowest BCUT2D eigenvalue weighted by Gasteiger charge is -2.20. The molecule has 0 saturated carbocycles. The molecule has 0 fully saturated rings. The van der Waals surface area contributed by atoms with Gasteiger partial charge in [-0.15, -0.1) is 0 Å². The van der Waals surface area contributed by atoms with Crippen molar-refractivity contribution in [1.29, 1.82) is 0 Å². The SMILES string of the molecule is O=C(NCc1ccccn1)NC(Cc1ccccc1)c1ccccc1. The Morgan fingerprint density at radius 3 is 2.24 bits per heavy atom. The second kappa shape index (κ2) is 8.64. The van der Waals surface area contributed by atoms with Crippen LogP contribution in [0.25, 0.3) is 0 Å². The van der Waals surface area contributed by atoms with E-state index in [1.807, 2.05) is 66.7 Å². The summed E-state index contributed by atoms with van der Waals surface area (Å²) < 4.78 is 0. The summed E-state index contributed by atoms with van der Waals surface area (Å²) in [7, 11) is 0. The van der Waals surface area contributed by atoms with Gasteiger partial charge in [0, 0.05) is 6.20 Å². The van der Waals surface area contributed by atoms with Gasteiger partial charge in [-0.1, -0.05) is 66.7 Å². The first-order valence-corrected chi connectivity index (χ1v) is 8.34. The van der Waals surface area contributed by atoms with Gasteiger partial charge in [0.15, 0.2) is 0 Å². The summed E-state index contributed by atoms with van der Waals surface area (Å²) in [5, 5.41) is 5.95. The summed E-state index contributed by atoms with van der Waals surface area (Å²) in [6.07, 6.45) is 2.46. The van der Waals surface area contributed by atoms with E-state index in [1.165, 1.54) is 5.56 Å². The second-order valence-electron chi connectivity index (χ2n) is 5.80. The third-order valence-corrected chi connectivity index (χ3v) is 3.95. The smallest absolute Gasteiger partial charge is 0.315 e. The zero-order chi connectivity index (χ0) is 17.3. The predicted octanol–water partition coefficient (Wildman–Crippen LogP) is 3.86. The van der Waals surface area contributed by atoms with Gasteiger partial charge < -0.3 is 10.6 Å². The van der Waals surface area contributed by atoms with Crippen LogP contribution < -0.4 is 10.6 Å². The summed E-state index contributed by atoms with van der Waals surface area (Å²) >= 11 is 0. The van der Waals surface area contributed by atoms with E-state index in [-0.39, 0.29) is 12.1 Å². The molecule has 2 N–H and O–H groups in total. The highest BCUT2D eigenvalue weighted by Gasteiger charge is 2.15. The van der Waals surface area contributed by atoms with Crippen LogP contribution in [-0.4, -0.2) is 11.0 Å². The normalized spacial score (nSPS) is 11.5. The van der Waals surface area contributed by atoms with E-state index in [0.29, 0.717) is 6.54 Å². The third-order valence-electron chi connectivity index (χ3n) is 3.95. The van der Waals surface area contributed by atoms with Crippen LogP contribution in [0.1, 0.15) is 22.9 Å². The van der Waals surface area contributed by atoms with Crippen molar-refractivity contribution in [2.75, 3.05) is 0 Å². The molecule has 0 aliphatic heterocycles. The van der Waals surface area contributed by atoms with Crippen molar-refractivity contribution < 1.29 is 4.79 Å². The fourth-order valence-electron chi connectivity index (χ4n) is 2.67. The molecule has 2 amide bonds. The topological polar surface area (TPSA) is 54.0 Å². The van der Waals surface area contributed by atoms with Crippen molar-refractivity contribution in [2.24, 2.45) is 0 Å². The van der Waals surface area contributed by atoms with Crippen LogP contribution >= 0.6 is 0 Å². The molecule has 0 radical (unpaired) electrons. The van der Waals surface area contributed by atoms with Crippen LogP contribution in [0, 0.1) is 0 Å². The molecule has 1 aromatic heterocycles. The maximum absolute atomic E-state index is 12.3. The summed E-state index contributed by atoms with van der Waals surface area (Å²) in [4.78, 5) is 16.6. The zero-order valence-electron chi connectivity index (χ0n) is 13.9. The van der Waals surface area contributed by atoms with Crippen molar-refractivity contribution in [2.45, 2.75) is 19.0 Å². The molecule has 1 unspecified atom stereocenters. The largest absolute Gasteiger partial charge is 0.332 e. The highest BCUT2D eigenvalue weighted by Crippen LogP contribution is 2.18. The number of hydrogen-bond acceptors (Lipinski definition) is 2. The van der Waals surface area contributed by atoms with Gasteiger partial charge in [-0.2, -0.15) is 0 Å². The molecule has 25 heavy (non-hydrogen) atoms. The molecular formula is C21H21N3O. The van der Waals surface area contributed by atoms with Crippen molar-refractivity contribution in [1.82, 2.24) is 15.6 Å². The molecule has 3 aromatic rings. The van der Waals surface area contributed by atoms with Gasteiger partial charge in [0.1, 0.15) is 0 Å². The number of urea groups is 1. The van der Waals surface area contributed by atoms with Crippen LogP contribution in [0.3, 0.4) is 0 Å². The maximum atomic E-state index is 12.3. The molecule has 0 saturated heterocycles. The van der Waals surface area contributed by atoms with Gasteiger partial charge in [-0.25, -0.2) is 4.79 Å². The summed E-state index contributed by atoms with van der Waals surface area (Å²) in [5.74, 6) is 0. The van der Waals surface area contributed by atoms with Crippen LogP contribution in [0.4, 0.5) is 4.79 Å². The van der Waals surface area contributed by atoms with Crippen molar-refractivity contribution >= 4 is 6.03 Å². The molecule has 2 aromatic carbocycles. The maximum Gasteiger partial charge on any atom is 0.315 e. The van der Waals surface area contributed by atoms with Crippen molar-refractivity contribution in [3.05, 3.63) is 102 Å². The average Bonchev–Trinajstić information content (AvgIpc) is 2.68. The second-order valence-corrected chi connectivity index (χ2v) is 5.80. The van der Waals surface area contributed by atoms with Crippen LogP contribution in [0.2, 0.25) is 0 Å². The summed E-state index contributed by atoms with van der Waals surface area (Å²) in [6.45, 7) is 0.402. The van der Waals surface area contributed by atoms with E-state index < -0.39 is 0 Å². The van der Waals surface area contributed by atoms with E-state index in [9.17, 15) is 4.79 Å². The van der Waals surface area contributed by atoms with E-state index in [1.54, 1.807) is 6.20 Å². The first-order chi connectivity index (χ1) is 12.3. The molecule has 0 aliphatic rings. The van der Waals surface area contributed by atoms with E-state index >= 15 is 0 Å². The van der Waals surface area contributed by atoms with Gasteiger partial charge in [-0.3, -0.25) is 4.98 Å². The Morgan fingerprint density at radius 1 is 0.880 bits per heavy atom.